The highest BCUT2D eigenvalue weighted by Gasteiger charge is 2.08. The first-order valence-corrected chi connectivity index (χ1v) is 8.53. The fraction of sp³-hybridized carbons (Fsp3) is 0.250. The van der Waals surface area contributed by atoms with Crippen molar-refractivity contribution >= 4 is 17.7 Å². The zero-order chi connectivity index (χ0) is 19.6. The Balaban J connectivity index is 1.79. The van der Waals surface area contributed by atoms with Gasteiger partial charge in [-0.15, -0.1) is 0 Å². The number of aryl methyl sites for hydroxylation is 1. The van der Waals surface area contributed by atoms with E-state index in [1.54, 1.807) is 31.4 Å². The summed E-state index contributed by atoms with van der Waals surface area (Å²) in [5.74, 6) is -0.267. The van der Waals surface area contributed by atoms with Crippen molar-refractivity contribution in [2.45, 2.75) is 19.4 Å². The summed E-state index contributed by atoms with van der Waals surface area (Å²) >= 11 is 0. The highest BCUT2D eigenvalue weighted by atomic mass is 16.5. The molecule has 0 saturated carbocycles. The van der Waals surface area contributed by atoms with Crippen molar-refractivity contribution in [1.29, 1.82) is 0 Å². The van der Waals surface area contributed by atoms with Gasteiger partial charge >= 0.3 is 0 Å². The number of rotatable bonds is 9. The predicted molar refractivity (Wildman–Crippen MR) is 101 cm³/mol. The van der Waals surface area contributed by atoms with E-state index in [4.69, 9.17) is 10.5 Å². The Bertz CT molecular complexity index is 803. The second kappa shape index (κ2) is 9.96. The van der Waals surface area contributed by atoms with Gasteiger partial charge in [0, 0.05) is 18.5 Å². The van der Waals surface area contributed by atoms with Crippen molar-refractivity contribution in [3.8, 4) is 5.75 Å². The largest absolute Gasteiger partial charge is 0.496 e. The van der Waals surface area contributed by atoms with Gasteiger partial charge in [0.25, 0.3) is 5.91 Å². The molecule has 0 bridgehead atoms. The van der Waals surface area contributed by atoms with Crippen LogP contribution in [0.5, 0.6) is 5.75 Å². The first kappa shape index (κ1) is 20.0. The molecule has 2 rings (SSSR count). The Hall–Kier alpha value is -3.35. The molecule has 142 valence electrons. The number of ether oxygens (including phenoxy) is 1. The van der Waals surface area contributed by atoms with E-state index in [0.29, 0.717) is 24.9 Å². The molecular weight excluding hydrogens is 346 g/mol. The molecule has 0 spiro atoms. The molecule has 0 aromatic heterocycles. The molecule has 0 aliphatic carbocycles. The molecule has 0 aliphatic rings. The molecular formula is C20H23N3O4. The van der Waals surface area contributed by atoms with Gasteiger partial charge in [0.1, 0.15) is 5.75 Å². The summed E-state index contributed by atoms with van der Waals surface area (Å²) in [4.78, 5) is 34.5. The molecule has 0 atom stereocenters. The number of hydrogen-bond acceptors (Lipinski definition) is 4. The summed E-state index contributed by atoms with van der Waals surface area (Å²) in [5.41, 5.74) is 7.26. The van der Waals surface area contributed by atoms with Crippen LogP contribution in [0, 0.1) is 0 Å². The van der Waals surface area contributed by atoms with Crippen LogP contribution in [-0.4, -0.2) is 31.4 Å². The van der Waals surface area contributed by atoms with Crippen LogP contribution in [0.15, 0.2) is 48.5 Å². The van der Waals surface area contributed by atoms with E-state index in [1.165, 1.54) is 0 Å². The van der Waals surface area contributed by atoms with Crippen LogP contribution < -0.4 is 21.1 Å². The Labute approximate surface area is 157 Å². The van der Waals surface area contributed by atoms with Gasteiger partial charge in [-0.2, -0.15) is 0 Å². The predicted octanol–water partition coefficient (Wildman–Crippen LogP) is 1.16. The Kier molecular flexibility index (Phi) is 7.37. The number of nitrogens with one attached hydrogen (secondary N) is 2. The molecule has 27 heavy (non-hydrogen) atoms. The number of amides is 3. The lowest BCUT2D eigenvalue weighted by atomic mass is 10.1. The molecule has 7 nitrogen and oxygen atoms in total. The van der Waals surface area contributed by atoms with Gasteiger partial charge in [0.15, 0.2) is 0 Å². The first-order chi connectivity index (χ1) is 13.0. The third kappa shape index (κ3) is 6.47. The number of methoxy groups -OCH3 is 1. The highest BCUT2D eigenvalue weighted by molar-refractivity contribution is 5.96. The summed E-state index contributed by atoms with van der Waals surface area (Å²) in [6.07, 6.45) is 0.947. The zero-order valence-electron chi connectivity index (χ0n) is 15.2. The number of carbonyl (C=O) groups is 3. The minimum atomic E-state index is -0.601. The van der Waals surface area contributed by atoms with Crippen molar-refractivity contribution in [2.75, 3.05) is 13.7 Å². The number of primary amides is 1. The van der Waals surface area contributed by atoms with Crippen LogP contribution in [0.4, 0.5) is 0 Å². The lowest BCUT2D eigenvalue weighted by Crippen LogP contribution is -2.33. The summed E-state index contributed by atoms with van der Waals surface area (Å²) in [6.45, 7) is 0.163. The van der Waals surface area contributed by atoms with E-state index in [9.17, 15) is 14.4 Å². The fourth-order valence-corrected chi connectivity index (χ4v) is 2.49. The van der Waals surface area contributed by atoms with E-state index in [-0.39, 0.29) is 18.4 Å². The second-order valence-corrected chi connectivity index (χ2v) is 5.93. The molecule has 3 amide bonds. The summed E-state index contributed by atoms with van der Waals surface area (Å²) in [6, 6.07) is 14.4. The molecule has 0 unspecified atom stereocenters. The minimum absolute atomic E-state index is 0.0656. The van der Waals surface area contributed by atoms with Gasteiger partial charge in [0.05, 0.1) is 13.7 Å². The molecule has 0 fully saturated rings. The smallest absolute Gasteiger partial charge is 0.251 e. The summed E-state index contributed by atoms with van der Waals surface area (Å²) in [7, 11) is 1.61. The van der Waals surface area contributed by atoms with Gasteiger partial charge in [-0.3, -0.25) is 14.4 Å². The van der Waals surface area contributed by atoms with Gasteiger partial charge in [-0.1, -0.05) is 30.3 Å². The molecule has 0 radical (unpaired) electrons. The normalized spacial score (nSPS) is 10.1. The number of para-hydroxylation sites is 1. The van der Waals surface area contributed by atoms with Crippen LogP contribution in [0.1, 0.15) is 27.9 Å². The standard InChI is InChI=1S/C20H23N3O4/c1-27-17-5-3-2-4-15(17)10-11-19(25)22-12-14-6-8-16(9-7-14)20(26)23-13-18(21)24/h2-9H,10-13H2,1H3,(H2,21,24)(H,22,25)(H,23,26). The van der Waals surface area contributed by atoms with Crippen LogP contribution in [-0.2, 0) is 22.6 Å². The lowest BCUT2D eigenvalue weighted by molar-refractivity contribution is -0.121. The summed E-state index contributed by atoms with van der Waals surface area (Å²) < 4.78 is 5.28. The number of carbonyl (C=O) groups excluding carboxylic acids is 3. The van der Waals surface area contributed by atoms with Gasteiger partial charge in [-0.25, -0.2) is 0 Å². The van der Waals surface area contributed by atoms with Crippen LogP contribution >= 0.6 is 0 Å². The maximum atomic E-state index is 12.1. The average molecular weight is 369 g/mol. The van der Waals surface area contributed by atoms with Gasteiger partial charge in [-0.05, 0) is 35.7 Å². The Morgan fingerprint density at radius 2 is 1.70 bits per heavy atom. The average Bonchev–Trinajstić information content (AvgIpc) is 2.69. The molecule has 0 aliphatic heterocycles. The van der Waals surface area contributed by atoms with E-state index in [1.807, 2.05) is 24.3 Å². The molecule has 4 N–H and O–H groups in total. The van der Waals surface area contributed by atoms with E-state index in [0.717, 1.165) is 16.9 Å². The third-order valence-corrected chi connectivity index (χ3v) is 3.94. The Morgan fingerprint density at radius 3 is 2.37 bits per heavy atom. The molecule has 2 aromatic rings. The fourth-order valence-electron chi connectivity index (χ4n) is 2.49. The van der Waals surface area contributed by atoms with Crippen molar-refractivity contribution in [3.63, 3.8) is 0 Å². The van der Waals surface area contributed by atoms with Crippen molar-refractivity contribution in [2.24, 2.45) is 5.73 Å². The monoisotopic (exact) mass is 369 g/mol. The summed E-state index contributed by atoms with van der Waals surface area (Å²) in [5, 5.41) is 5.27. The third-order valence-electron chi connectivity index (χ3n) is 3.94. The SMILES string of the molecule is COc1ccccc1CCC(=O)NCc1ccc(C(=O)NCC(N)=O)cc1. The molecule has 2 aromatic carbocycles. The molecule has 0 saturated heterocycles. The van der Waals surface area contributed by atoms with Crippen molar-refractivity contribution in [1.82, 2.24) is 10.6 Å². The van der Waals surface area contributed by atoms with Crippen molar-refractivity contribution in [3.05, 3.63) is 65.2 Å². The number of hydrogen-bond donors (Lipinski definition) is 3. The molecule has 7 heteroatoms. The van der Waals surface area contributed by atoms with Gasteiger partial charge < -0.3 is 21.1 Å². The maximum Gasteiger partial charge on any atom is 0.251 e. The van der Waals surface area contributed by atoms with Crippen LogP contribution in [0.3, 0.4) is 0 Å². The topological polar surface area (TPSA) is 111 Å². The highest BCUT2D eigenvalue weighted by Crippen LogP contribution is 2.18. The first-order valence-electron chi connectivity index (χ1n) is 8.53. The Morgan fingerprint density at radius 1 is 1.00 bits per heavy atom. The minimum Gasteiger partial charge on any atom is -0.496 e. The van der Waals surface area contributed by atoms with Gasteiger partial charge in [0.2, 0.25) is 11.8 Å². The van der Waals surface area contributed by atoms with E-state index >= 15 is 0 Å². The maximum absolute atomic E-state index is 12.1. The lowest BCUT2D eigenvalue weighted by Gasteiger charge is -2.09. The quantitative estimate of drug-likeness (QED) is 0.616. The van der Waals surface area contributed by atoms with Crippen molar-refractivity contribution < 1.29 is 19.1 Å². The zero-order valence-corrected chi connectivity index (χ0v) is 15.2. The number of benzene rings is 2. The van der Waals surface area contributed by atoms with E-state index in [2.05, 4.69) is 10.6 Å². The number of nitrogens with two attached hydrogens (primary N) is 1. The second-order valence-electron chi connectivity index (χ2n) is 5.93. The van der Waals surface area contributed by atoms with E-state index < -0.39 is 5.91 Å². The van der Waals surface area contributed by atoms with Crippen LogP contribution in [0.25, 0.3) is 0 Å². The molecule has 0 heterocycles. The van der Waals surface area contributed by atoms with Crippen LogP contribution in [0.2, 0.25) is 0 Å².